The van der Waals surface area contributed by atoms with Gasteiger partial charge in [0.2, 0.25) is 0 Å². The van der Waals surface area contributed by atoms with Gasteiger partial charge in [0, 0.05) is 5.54 Å². The fourth-order valence-electron chi connectivity index (χ4n) is 1.75. The van der Waals surface area contributed by atoms with Crippen molar-refractivity contribution in [2.24, 2.45) is 0 Å². The molecular formula is C14H18FNO3. The minimum atomic E-state index is -1.01. The minimum Gasteiger partial charge on any atom is -0.481 e. The van der Waals surface area contributed by atoms with Crippen molar-refractivity contribution in [3.05, 3.63) is 35.1 Å². The van der Waals surface area contributed by atoms with Gasteiger partial charge < -0.3 is 10.4 Å². The molecule has 1 rings (SSSR count). The molecule has 0 spiro atoms. The highest BCUT2D eigenvalue weighted by Crippen LogP contribution is 2.17. The number of aryl methyl sites for hydroxylation is 1. The molecule has 1 unspecified atom stereocenters. The second kappa shape index (κ2) is 5.82. The molecule has 4 nitrogen and oxygen atoms in total. The Balaban J connectivity index is 2.94. The third kappa shape index (κ3) is 4.05. The highest BCUT2D eigenvalue weighted by molar-refractivity contribution is 5.95. The molecular weight excluding hydrogens is 249 g/mol. The number of rotatable bonds is 5. The van der Waals surface area contributed by atoms with E-state index in [1.165, 1.54) is 12.1 Å². The van der Waals surface area contributed by atoms with E-state index in [4.69, 9.17) is 5.11 Å². The lowest BCUT2D eigenvalue weighted by Crippen LogP contribution is -2.47. The van der Waals surface area contributed by atoms with E-state index in [1.807, 2.05) is 0 Å². The van der Waals surface area contributed by atoms with Crippen LogP contribution < -0.4 is 5.32 Å². The van der Waals surface area contributed by atoms with Gasteiger partial charge in [-0.3, -0.25) is 9.59 Å². The average molecular weight is 267 g/mol. The van der Waals surface area contributed by atoms with Gasteiger partial charge in [0.05, 0.1) is 12.0 Å². The fraction of sp³-hybridized carbons (Fsp3) is 0.429. The molecule has 2 N–H and O–H groups in total. The van der Waals surface area contributed by atoms with Crippen molar-refractivity contribution in [3.63, 3.8) is 0 Å². The van der Waals surface area contributed by atoms with E-state index >= 15 is 0 Å². The summed E-state index contributed by atoms with van der Waals surface area (Å²) in [5.41, 5.74) is -0.188. The molecule has 0 saturated heterocycles. The number of benzene rings is 1. The minimum absolute atomic E-state index is 0.0648. The van der Waals surface area contributed by atoms with E-state index < -0.39 is 23.2 Å². The monoisotopic (exact) mass is 267 g/mol. The molecule has 0 aliphatic heterocycles. The van der Waals surface area contributed by atoms with Crippen molar-refractivity contribution in [1.82, 2.24) is 5.32 Å². The number of carboxylic acids is 1. The Kier molecular flexibility index (Phi) is 4.64. The van der Waals surface area contributed by atoms with Crippen LogP contribution in [0.2, 0.25) is 0 Å². The van der Waals surface area contributed by atoms with Gasteiger partial charge in [-0.05, 0) is 32.4 Å². The summed E-state index contributed by atoms with van der Waals surface area (Å²) in [7, 11) is 0. The van der Waals surface area contributed by atoms with Gasteiger partial charge >= 0.3 is 5.97 Å². The van der Waals surface area contributed by atoms with E-state index in [9.17, 15) is 14.0 Å². The SMILES string of the molecule is CCC(C)(CC(=O)O)NC(=O)c1cc(C)ccc1F. The van der Waals surface area contributed by atoms with Gasteiger partial charge in [0.15, 0.2) is 0 Å². The first-order valence-electron chi connectivity index (χ1n) is 6.08. The van der Waals surface area contributed by atoms with Crippen LogP contribution in [0.4, 0.5) is 4.39 Å². The Morgan fingerprint density at radius 1 is 1.42 bits per heavy atom. The molecule has 1 aromatic carbocycles. The van der Waals surface area contributed by atoms with E-state index in [1.54, 1.807) is 26.8 Å². The highest BCUT2D eigenvalue weighted by atomic mass is 19.1. The second-order valence-electron chi connectivity index (χ2n) is 4.92. The van der Waals surface area contributed by atoms with Crippen LogP contribution in [0.3, 0.4) is 0 Å². The van der Waals surface area contributed by atoms with Crippen LogP contribution in [-0.4, -0.2) is 22.5 Å². The van der Waals surface area contributed by atoms with Gasteiger partial charge in [-0.2, -0.15) is 0 Å². The summed E-state index contributed by atoms with van der Waals surface area (Å²) in [6.07, 6.45) is 0.237. The quantitative estimate of drug-likeness (QED) is 0.861. The zero-order chi connectivity index (χ0) is 14.6. The van der Waals surface area contributed by atoms with Gasteiger partial charge in [-0.1, -0.05) is 18.6 Å². The Hall–Kier alpha value is -1.91. The van der Waals surface area contributed by atoms with Crippen molar-refractivity contribution >= 4 is 11.9 Å². The predicted molar refractivity (Wildman–Crippen MR) is 69.6 cm³/mol. The molecule has 0 saturated carbocycles. The second-order valence-corrected chi connectivity index (χ2v) is 4.92. The molecule has 0 fully saturated rings. The van der Waals surface area contributed by atoms with E-state index in [-0.39, 0.29) is 12.0 Å². The van der Waals surface area contributed by atoms with E-state index in [0.717, 1.165) is 5.56 Å². The molecule has 0 aliphatic rings. The Bertz CT molecular complexity index is 501. The number of carboxylic acid groups (broad SMARTS) is 1. The first-order valence-corrected chi connectivity index (χ1v) is 6.08. The number of aliphatic carboxylic acids is 1. The van der Waals surface area contributed by atoms with Crippen LogP contribution in [0.5, 0.6) is 0 Å². The number of hydrogen-bond acceptors (Lipinski definition) is 2. The topological polar surface area (TPSA) is 66.4 Å². The summed E-state index contributed by atoms with van der Waals surface area (Å²) in [5.74, 6) is -2.21. The molecule has 5 heteroatoms. The van der Waals surface area contributed by atoms with E-state index in [2.05, 4.69) is 5.32 Å². The maximum atomic E-state index is 13.6. The lowest BCUT2D eigenvalue weighted by Gasteiger charge is -2.28. The zero-order valence-electron chi connectivity index (χ0n) is 11.3. The average Bonchev–Trinajstić information content (AvgIpc) is 2.31. The van der Waals surface area contributed by atoms with Crippen molar-refractivity contribution in [2.45, 2.75) is 39.2 Å². The number of carbonyl (C=O) groups excluding carboxylic acids is 1. The van der Waals surface area contributed by atoms with Crippen molar-refractivity contribution in [1.29, 1.82) is 0 Å². The van der Waals surface area contributed by atoms with Crippen molar-refractivity contribution in [2.75, 3.05) is 0 Å². The fourth-order valence-corrected chi connectivity index (χ4v) is 1.75. The van der Waals surface area contributed by atoms with Gasteiger partial charge in [-0.25, -0.2) is 4.39 Å². The third-order valence-corrected chi connectivity index (χ3v) is 3.10. The number of halogens is 1. The summed E-state index contributed by atoms with van der Waals surface area (Å²) in [4.78, 5) is 22.8. The van der Waals surface area contributed by atoms with Gasteiger partial charge in [0.1, 0.15) is 5.82 Å². The van der Waals surface area contributed by atoms with Crippen LogP contribution in [0.1, 0.15) is 42.6 Å². The van der Waals surface area contributed by atoms with Crippen LogP contribution in [0.25, 0.3) is 0 Å². The summed E-state index contributed by atoms with van der Waals surface area (Å²) in [6, 6.07) is 4.24. The highest BCUT2D eigenvalue weighted by Gasteiger charge is 2.28. The van der Waals surface area contributed by atoms with Crippen molar-refractivity contribution < 1.29 is 19.1 Å². The smallest absolute Gasteiger partial charge is 0.305 e. The van der Waals surface area contributed by atoms with E-state index in [0.29, 0.717) is 6.42 Å². The third-order valence-electron chi connectivity index (χ3n) is 3.10. The molecule has 0 bridgehead atoms. The largest absolute Gasteiger partial charge is 0.481 e. The summed E-state index contributed by atoms with van der Waals surface area (Å²) < 4.78 is 13.6. The number of hydrogen-bond donors (Lipinski definition) is 2. The molecule has 19 heavy (non-hydrogen) atoms. The van der Waals surface area contributed by atoms with Crippen LogP contribution in [0, 0.1) is 12.7 Å². The predicted octanol–water partition coefficient (Wildman–Crippen LogP) is 2.51. The molecule has 0 aromatic heterocycles. The molecule has 1 amide bonds. The van der Waals surface area contributed by atoms with Gasteiger partial charge in [0.25, 0.3) is 5.91 Å². The maximum absolute atomic E-state index is 13.6. The first kappa shape index (κ1) is 15.1. The zero-order valence-corrected chi connectivity index (χ0v) is 11.3. The maximum Gasteiger partial charge on any atom is 0.305 e. The normalized spacial score (nSPS) is 13.7. The number of amides is 1. The number of carbonyl (C=O) groups is 2. The van der Waals surface area contributed by atoms with Crippen molar-refractivity contribution in [3.8, 4) is 0 Å². The van der Waals surface area contributed by atoms with Gasteiger partial charge in [-0.15, -0.1) is 0 Å². The standard InChI is InChI=1S/C14H18FNO3/c1-4-14(3,8-12(17)18)16-13(19)10-7-9(2)5-6-11(10)15/h5-7H,4,8H2,1-3H3,(H,16,19)(H,17,18). The Morgan fingerprint density at radius 3 is 2.58 bits per heavy atom. The van der Waals surface area contributed by atoms with Crippen LogP contribution in [0.15, 0.2) is 18.2 Å². The Morgan fingerprint density at radius 2 is 2.05 bits per heavy atom. The lowest BCUT2D eigenvalue weighted by atomic mass is 9.94. The lowest BCUT2D eigenvalue weighted by molar-refractivity contribution is -0.138. The molecule has 1 atom stereocenters. The summed E-state index contributed by atoms with van der Waals surface area (Å²) in [6.45, 7) is 5.16. The molecule has 0 aliphatic carbocycles. The molecule has 0 radical (unpaired) electrons. The van der Waals surface area contributed by atoms with Crippen LogP contribution >= 0.6 is 0 Å². The molecule has 1 aromatic rings. The summed E-state index contributed by atoms with van der Waals surface area (Å²) in [5, 5.41) is 11.4. The summed E-state index contributed by atoms with van der Waals surface area (Å²) >= 11 is 0. The van der Waals surface area contributed by atoms with Crippen LogP contribution in [-0.2, 0) is 4.79 Å². The molecule has 104 valence electrons. The first-order chi connectivity index (χ1) is 8.77. The Labute approximate surface area is 111 Å². The number of nitrogens with one attached hydrogen (secondary N) is 1. The molecule has 0 heterocycles.